The van der Waals surface area contributed by atoms with Crippen molar-refractivity contribution in [3.8, 4) is 0 Å². The molecule has 0 radical (unpaired) electrons. The van der Waals surface area contributed by atoms with Gasteiger partial charge in [0, 0.05) is 13.0 Å². The monoisotopic (exact) mass is 172 g/mol. The number of esters is 1. The first-order chi connectivity index (χ1) is 5.65. The molecule has 0 spiro atoms. The van der Waals surface area contributed by atoms with Crippen molar-refractivity contribution in [1.29, 1.82) is 0 Å². The summed E-state index contributed by atoms with van der Waals surface area (Å²) < 4.78 is 10.1. The summed E-state index contributed by atoms with van der Waals surface area (Å²) in [5.41, 5.74) is 0. The Labute approximate surface area is 73.0 Å². The van der Waals surface area contributed by atoms with Crippen LogP contribution in [0.3, 0.4) is 0 Å². The number of rotatable bonds is 4. The fourth-order valence-corrected chi connectivity index (χ4v) is 0.986. The van der Waals surface area contributed by atoms with Crippen LogP contribution in [0.4, 0.5) is 0 Å². The molecule has 12 heavy (non-hydrogen) atoms. The van der Waals surface area contributed by atoms with Crippen LogP contribution in [-0.4, -0.2) is 19.4 Å². The average molecular weight is 172 g/mol. The van der Waals surface area contributed by atoms with Gasteiger partial charge in [-0.25, -0.2) is 0 Å². The summed E-state index contributed by atoms with van der Waals surface area (Å²) in [6.45, 7) is 3.93. The molecular formula is C9H16O3. The quantitative estimate of drug-likeness (QED) is 0.477. The lowest BCUT2D eigenvalue weighted by Gasteiger charge is -2.19. The molecule has 1 aliphatic rings. The molecule has 0 amide bonds. The molecule has 3 nitrogen and oxygen atoms in total. The zero-order valence-electron chi connectivity index (χ0n) is 7.87. The number of hydrogen-bond donors (Lipinski definition) is 0. The van der Waals surface area contributed by atoms with Crippen molar-refractivity contribution in [1.82, 2.24) is 0 Å². The highest BCUT2D eigenvalue weighted by Gasteiger charge is 2.33. The minimum atomic E-state index is -0.377. The normalized spacial score (nSPS) is 19.3. The molecular weight excluding hydrogens is 156 g/mol. The molecule has 1 aliphatic carbocycles. The van der Waals surface area contributed by atoms with Crippen LogP contribution >= 0.6 is 0 Å². The van der Waals surface area contributed by atoms with Crippen molar-refractivity contribution < 1.29 is 14.3 Å². The fourth-order valence-electron chi connectivity index (χ4n) is 0.986. The number of carbonyl (C=O) groups is 1. The number of ether oxygens (including phenoxy) is 2. The molecule has 0 heterocycles. The molecule has 0 aromatic rings. The smallest absolute Gasteiger partial charge is 0.311 e. The predicted molar refractivity (Wildman–Crippen MR) is 44.5 cm³/mol. The minimum absolute atomic E-state index is 0.101. The minimum Gasteiger partial charge on any atom is -0.435 e. The van der Waals surface area contributed by atoms with Crippen LogP contribution < -0.4 is 0 Å². The van der Waals surface area contributed by atoms with E-state index in [-0.39, 0.29) is 24.1 Å². The van der Waals surface area contributed by atoms with Crippen molar-refractivity contribution in [2.45, 2.75) is 33.0 Å². The molecule has 3 heteroatoms. The summed E-state index contributed by atoms with van der Waals surface area (Å²) in [6, 6.07) is 0. The Morgan fingerprint density at radius 2 is 2.00 bits per heavy atom. The fraction of sp³-hybridized carbons (Fsp3) is 0.889. The Morgan fingerprint density at radius 3 is 2.33 bits per heavy atom. The van der Waals surface area contributed by atoms with Crippen molar-refractivity contribution in [3.05, 3.63) is 0 Å². The van der Waals surface area contributed by atoms with Gasteiger partial charge in [0.2, 0.25) is 6.29 Å². The summed E-state index contributed by atoms with van der Waals surface area (Å²) in [6.07, 6.45) is 1.58. The van der Waals surface area contributed by atoms with Crippen molar-refractivity contribution in [2.75, 3.05) is 7.11 Å². The maximum atomic E-state index is 11.2. The second kappa shape index (κ2) is 3.90. The highest BCUT2D eigenvalue weighted by molar-refractivity contribution is 5.74. The van der Waals surface area contributed by atoms with E-state index in [1.807, 2.05) is 13.8 Å². The zero-order chi connectivity index (χ0) is 9.14. The van der Waals surface area contributed by atoms with E-state index in [9.17, 15) is 4.79 Å². The third-order valence-electron chi connectivity index (χ3n) is 1.92. The van der Waals surface area contributed by atoms with E-state index in [1.165, 1.54) is 0 Å². The Morgan fingerprint density at radius 1 is 1.42 bits per heavy atom. The largest absolute Gasteiger partial charge is 0.435 e. The Hall–Kier alpha value is -0.570. The summed E-state index contributed by atoms with van der Waals surface area (Å²) in [5, 5.41) is 0. The van der Waals surface area contributed by atoms with Gasteiger partial charge >= 0.3 is 5.97 Å². The molecule has 0 aromatic carbocycles. The lowest BCUT2D eigenvalue weighted by Crippen LogP contribution is -2.26. The second-order valence-corrected chi connectivity index (χ2v) is 3.56. The molecule has 0 aromatic heterocycles. The van der Waals surface area contributed by atoms with Crippen LogP contribution in [0, 0.1) is 11.8 Å². The van der Waals surface area contributed by atoms with E-state index >= 15 is 0 Å². The molecule has 1 atom stereocenters. The summed E-state index contributed by atoms with van der Waals surface area (Å²) in [4.78, 5) is 11.2. The van der Waals surface area contributed by atoms with Crippen LogP contribution in [0.5, 0.6) is 0 Å². The van der Waals surface area contributed by atoms with Crippen LogP contribution in [-0.2, 0) is 14.3 Å². The molecule has 0 N–H and O–H groups in total. The average Bonchev–Trinajstić information content (AvgIpc) is 2.80. The highest BCUT2D eigenvalue weighted by atomic mass is 16.7. The molecule has 1 unspecified atom stereocenters. The van der Waals surface area contributed by atoms with Crippen LogP contribution in [0.1, 0.15) is 26.7 Å². The first-order valence-corrected chi connectivity index (χ1v) is 4.38. The van der Waals surface area contributed by atoms with Crippen molar-refractivity contribution in [2.24, 2.45) is 11.8 Å². The van der Waals surface area contributed by atoms with Gasteiger partial charge in [0.25, 0.3) is 0 Å². The summed E-state index contributed by atoms with van der Waals surface area (Å²) in [5.74, 6) is 0.273. The van der Waals surface area contributed by atoms with Gasteiger partial charge in [0.1, 0.15) is 0 Å². The molecule has 1 rings (SSSR count). The van der Waals surface area contributed by atoms with E-state index < -0.39 is 0 Å². The topological polar surface area (TPSA) is 35.5 Å². The maximum absolute atomic E-state index is 11.2. The van der Waals surface area contributed by atoms with E-state index in [0.29, 0.717) is 0 Å². The van der Waals surface area contributed by atoms with Gasteiger partial charge in [-0.1, -0.05) is 13.8 Å². The van der Waals surface area contributed by atoms with Gasteiger partial charge < -0.3 is 9.47 Å². The van der Waals surface area contributed by atoms with Crippen molar-refractivity contribution >= 4 is 5.97 Å². The predicted octanol–water partition coefficient (Wildman–Crippen LogP) is 1.57. The Balaban J connectivity index is 2.30. The van der Waals surface area contributed by atoms with Gasteiger partial charge in [-0.2, -0.15) is 0 Å². The van der Waals surface area contributed by atoms with Crippen LogP contribution in [0.2, 0.25) is 0 Å². The Kier molecular flexibility index (Phi) is 3.09. The molecule has 0 saturated heterocycles. The van der Waals surface area contributed by atoms with Gasteiger partial charge in [0.05, 0.1) is 5.92 Å². The first kappa shape index (κ1) is 9.52. The summed E-state index contributed by atoms with van der Waals surface area (Å²) in [7, 11) is 1.56. The SMILES string of the molecule is COC(OC(=O)C1CC1)C(C)C. The van der Waals surface area contributed by atoms with E-state index in [2.05, 4.69) is 0 Å². The standard InChI is InChI=1S/C9H16O3/c1-6(2)9(11-3)12-8(10)7-4-5-7/h6-7,9H,4-5H2,1-3H3. The van der Waals surface area contributed by atoms with Crippen LogP contribution in [0.25, 0.3) is 0 Å². The molecule has 1 saturated carbocycles. The lowest BCUT2D eigenvalue weighted by atomic mass is 10.2. The Bertz CT molecular complexity index is 161. The van der Waals surface area contributed by atoms with Gasteiger partial charge in [-0.3, -0.25) is 4.79 Å². The molecule has 0 aliphatic heterocycles. The molecule has 1 fully saturated rings. The third kappa shape index (κ3) is 2.48. The maximum Gasteiger partial charge on any atom is 0.311 e. The first-order valence-electron chi connectivity index (χ1n) is 4.38. The number of methoxy groups -OCH3 is 1. The van der Waals surface area contributed by atoms with Gasteiger partial charge in [-0.05, 0) is 12.8 Å². The van der Waals surface area contributed by atoms with Crippen molar-refractivity contribution in [3.63, 3.8) is 0 Å². The number of carbonyl (C=O) groups excluding carboxylic acids is 1. The van der Waals surface area contributed by atoms with Crippen LogP contribution in [0.15, 0.2) is 0 Å². The van der Waals surface area contributed by atoms with E-state index in [4.69, 9.17) is 9.47 Å². The molecule has 0 bridgehead atoms. The lowest BCUT2D eigenvalue weighted by molar-refractivity contribution is -0.183. The summed E-state index contributed by atoms with van der Waals surface area (Å²) >= 11 is 0. The van der Waals surface area contributed by atoms with E-state index in [1.54, 1.807) is 7.11 Å². The number of hydrogen-bond acceptors (Lipinski definition) is 3. The van der Waals surface area contributed by atoms with Gasteiger partial charge in [-0.15, -0.1) is 0 Å². The third-order valence-corrected chi connectivity index (χ3v) is 1.92. The highest BCUT2D eigenvalue weighted by Crippen LogP contribution is 2.31. The second-order valence-electron chi connectivity index (χ2n) is 3.56. The van der Waals surface area contributed by atoms with E-state index in [0.717, 1.165) is 12.8 Å². The zero-order valence-corrected chi connectivity index (χ0v) is 7.87. The molecule has 70 valence electrons. The van der Waals surface area contributed by atoms with Gasteiger partial charge in [0.15, 0.2) is 0 Å².